The highest BCUT2D eigenvalue weighted by molar-refractivity contribution is 5.74. The largest absolute Gasteiger partial charge is 0.338 e. The minimum Gasteiger partial charge on any atom is -0.338 e. The molecule has 21 heavy (non-hydrogen) atoms. The summed E-state index contributed by atoms with van der Waals surface area (Å²) < 4.78 is 1.87. The molecule has 118 valence electrons. The fraction of sp³-hybridized carbons (Fsp3) is 0.800. The predicted molar refractivity (Wildman–Crippen MR) is 81.8 cm³/mol. The van der Waals surface area contributed by atoms with Crippen molar-refractivity contribution in [3.05, 3.63) is 12.2 Å². The minimum absolute atomic E-state index is 0.0742. The summed E-state index contributed by atoms with van der Waals surface area (Å²) >= 11 is 0. The van der Waals surface area contributed by atoms with Crippen LogP contribution in [0.2, 0.25) is 0 Å². The van der Waals surface area contributed by atoms with Crippen LogP contribution in [0, 0.1) is 17.8 Å². The summed E-state index contributed by atoms with van der Waals surface area (Å²) in [7, 11) is 0. The molecule has 0 aliphatic carbocycles. The molecule has 0 saturated carbocycles. The molecule has 2 rings (SSSR count). The molecule has 1 aromatic rings. The molecular formula is C15H27N5O. The van der Waals surface area contributed by atoms with E-state index >= 15 is 0 Å². The second-order valence-electron chi connectivity index (χ2n) is 6.60. The average Bonchev–Trinajstić information content (AvgIpc) is 2.85. The smallest absolute Gasteiger partial charge is 0.315 e. The van der Waals surface area contributed by atoms with Gasteiger partial charge in [0, 0.05) is 13.0 Å². The number of carbonyl (C=O) groups excluding carboxylic acids is 1. The van der Waals surface area contributed by atoms with Crippen molar-refractivity contribution in [1.82, 2.24) is 25.4 Å². The molecule has 2 heterocycles. The van der Waals surface area contributed by atoms with Crippen LogP contribution in [-0.4, -0.2) is 33.4 Å². The first-order valence-electron chi connectivity index (χ1n) is 7.88. The van der Waals surface area contributed by atoms with Crippen LogP contribution in [-0.2, 0) is 13.0 Å². The molecular weight excluding hydrogens is 266 g/mol. The highest BCUT2D eigenvalue weighted by Gasteiger charge is 2.22. The van der Waals surface area contributed by atoms with E-state index in [1.165, 1.54) is 0 Å². The number of hydrogen-bond acceptors (Lipinski definition) is 3. The van der Waals surface area contributed by atoms with Crippen LogP contribution in [0.4, 0.5) is 4.79 Å². The summed E-state index contributed by atoms with van der Waals surface area (Å²) in [4.78, 5) is 16.2. The third kappa shape index (κ3) is 4.19. The van der Waals surface area contributed by atoms with E-state index in [0.717, 1.165) is 25.2 Å². The van der Waals surface area contributed by atoms with Gasteiger partial charge in [0.05, 0.1) is 12.6 Å². The van der Waals surface area contributed by atoms with E-state index in [2.05, 4.69) is 48.4 Å². The van der Waals surface area contributed by atoms with Gasteiger partial charge in [-0.05, 0) is 24.2 Å². The van der Waals surface area contributed by atoms with Gasteiger partial charge in [0.1, 0.15) is 12.2 Å². The Morgan fingerprint density at radius 2 is 2.10 bits per heavy atom. The number of nitrogens with zero attached hydrogens (tertiary/aromatic N) is 3. The Morgan fingerprint density at radius 1 is 1.38 bits per heavy atom. The summed E-state index contributed by atoms with van der Waals surface area (Å²) in [6.07, 6.45) is 3.36. The van der Waals surface area contributed by atoms with Gasteiger partial charge in [0.25, 0.3) is 0 Å². The Balaban J connectivity index is 1.78. The zero-order valence-corrected chi connectivity index (χ0v) is 13.5. The monoisotopic (exact) mass is 293 g/mol. The summed E-state index contributed by atoms with van der Waals surface area (Å²) in [6, 6.07) is 0.0608. The second-order valence-corrected chi connectivity index (χ2v) is 6.60. The number of aryl methyl sites for hydroxylation is 1. The van der Waals surface area contributed by atoms with E-state index in [-0.39, 0.29) is 12.1 Å². The highest BCUT2D eigenvalue weighted by Crippen LogP contribution is 2.19. The average molecular weight is 293 g/mol. The van der Waals surface area contributed by atoms with E-state index < -0.39 is 0 Å². The zero-order valence-electron chi connectivity index (χ0n) is 13.5. The van der Waals surface area contributed by atoms with Crippen molar-refractivity contribution in [3.63, 3.8) is 0 Å². The van der Waals surface area contributed by atoms with Gasteiger partial charge < -0.3 is 10.6 Å². The van der Waals surface area contributed by atoms with Gasteiger partial charge in [-0.25, -0.2) is 14.5 Å². The van der Waals surface area contributed by atoms with Gasteiger partial charge >= 0.3 is 6.03 Å². The van der Waals surface area contributed by atoms with Crippen LogP contribution >= 0.6 is 0 Å². The number of urea groups is 1. The van der Waals surface area contributed by atoms with Crippen molar-refractivity contribution >= 4 is 6.03 Å². The Morgan fingerprint density at radius 3 is 2.76 bits per heavy atom. The van der Waals surface area contributed by atoms with E-state index in [9.17, 15) is 4.79 Å². The molecule has 6 heteroatoms. The van der Waals surface area contributed by atoms with Gasteiger partial charge in [0.15, 0.2) is 0 Å². The molecule has 1 aromatic heterocycles. The molecule has 2 amide bonds. The topological polar surface area (TPSA) is 71.8 Å². The molecule has 0 saturated heterocycles. The molecule has 1 aliphatic heterocycles. The lowest BCUT2D eigenvalue weighted by atomic mass is 9.85. The normalized spacial score (nSPS) is 18.1. The van der Waals surface area contributed by atoms with E-state index in [1.54, 1.807) is 6.33 Å². The molecule has 0 spiro atoms. The first-order chi connectivity index (χ1) is 9.97. The SMILES string of the molecule is CC(C)C(CNC(=O)N[C@H]1CCc2ncnn2C1)C(C)C. The van der Waals surface area contributed by atoms with Gasteiger partial charge in [0.2, 0.25) is 0 Å². The van der Waals surface area contributed by atoms with Gasteiger partial charge in [-0.2, -0.15) is 5.10 Å². The number of amides is 2. The number of hydrogen-bond donors (Lipinski definition) is 2. The number of aromatic nitrogens is 3. The molecule has 0 unspecified atom stereocenters. The number of nitrogens with one attached hydrogen (secondary N) is 2. The summed E-state index contributed by atoms with van der Waals surface area (Å²) in [5.74, 6) is 2.65. The van der Waals surface area contributed by atoms with Crippen LogP contribution < -0.4 is 10.6 Å². The van der Waals surface area contributed by atoms with Crippen LogP contribution in [0.5, 0.6) is 0 Å². The number of carbonyl (C=O) groups is 1. The van der Waals surface area contributed by atoms with Crippen molar-refractivity contribution in [3.8, 4) is 0 Å². The van der Waals surface area contributed by atoms with Crippen LogP contribution in [0.1, 0.15) is 39.9 Å². The molecule has 0 fully saturated rings. The maximum Gasteiger partial charge on any atom is 0.315 e. The second kappa shape index (κ2) is 6.91. The molecule has 2 N–H and O–H groups in total. The van der Waals surface area contributed by atoms with Crippen molar-refractivity contribution < 1.29 is 4.79 Å². The number of rotatable bonds is 5. The Bertz CT molecular complexity index is 460. The fourth-order valence-corrected chi connectivity index (χ4v) is 3.04. The molecule has 0 aromatic carbocycles. The lowest BCUT2D eigenvalue weighted by molar-refractivity contribution is 0.221. The van der Waals surface area contributed by atoms with Crippen molar-refractivity contribution in [2.75, 3.05) is 6.54 Å². The first kappa shape index (κ1) is 15.8. The molecule has 0 bridgehead atoms. The predicted octanol–water partition coefficient (Wildman–Crippen LogP) is 1.82. The van der Waals surface area contributed by atoms with E-state index in [0.29, 0.717) is 24.3 Å². The van der Waals surface area contributed by atoms with Gasteiger partial charge in [-0.1, -0.05) is 27.7 Å². The lowest BCUT2D eigenvalue weighted by Gasteiger charge is -2.27. The molecule has 1 atom stereocenters. The van der Waals surface area contributed by atoms with Crippen molar-refractivity contribution in [2.24, 2.45) is 17.8 Å². The maximum absolute atomic E-state index is 12.0. The lowest BCUT2D eigenvalue weighted by Crippen LogP contribution is -2.47. The van der Waals surface area contributed by atoms with E-state index in [1.807, 2.05) is 4.68 Å². The quantitative estimate of drug-likeness (QED) is 0.870. The third-order valence-corrected chi connectivity index (χ3v) is 4.35. The van der Waals surface area contributed by atoms with Crippen molar-refractivity contribution in [2.45, 2.75) is 53.1 Å². The van der Waals surface area contributed by atoms with Gasteiger partial charge in [-0.15, -0.1) is 0 Å². The summed E-state index contributed by atoms with van der Waals surface area (Å²) in [5, 5.41) is 10.2. The molecule has 6 nitrogen and oxygen atoms in total. The Hall–Kier alpha value is -1.59. The van der Waals surface area contributed by atoms with Crippen LogP contribution in [0.15, 0.2) is 6.33 Å². The Kier molecular flexibility index (Phi) is 5.20. The zero-order chi connectivity index (χ0) is 15.4. The summed E-state index contributed by atoms with van der Waals surface area (Å²) in [5.41, 5.74) is 0. The first-order valence-corrected chi connectivity index (χ1v) is 7.88. The van der Waals surface area contributed by atoms with Crippen LogP contribution in [0.3, 0.4) is 0 Å². The summed E-state index contributed by atoms with van der Waals surface area (Å²) in [6.45, 7) is 10.3. The Labute approximate surface area is 126 Å². The highest BCUT2D eigenvalue weighted by atomic mass is 16.2. The standard InChI is InChI=1S/C15H27N5O/c1-10(2)13(11(3)4)7-16-15(21)19-12-5-6-14-17-9-18-20(14)8-12/h9-13H,5-8H2,1-4H3,(H2,16,19,21)/t12-/m0/s1. The van der Waals surface area contributed by atoms with Gasteiger partial charge in [-0.3, -0.25) is 0 Å². The van der Waals surface area contributed by atoms with E-state index in [4.69, 9.17) is 0 Å². The molecule has 1 aliphatic rings. The molecule has 0 radical (unpaired) electrons. The minimum atomic E-state index is -0.0742. The fourth-order valence-electron chi connectivity index (χ4n) is 3.04. The number of fused-ring (bicyclic) bond motifs is 1. The van der Waals surface area contributed by atoms with Crippen LogP contribution in [0.25, 0.3) is 0 Å². The third-order valence-electron chi connectivity index (χ3n) is 4.35. The van der Waals surface area contributed by atoms with Crippen molar-refractivity contribution in [1.29, 1.82) is 0 Å². The maximum atomic E-state index is 12.0.